The second kappa shape index (κ2) is 6.66. The molecule has 0 radical (unpaired) electrons. The maximum atomic E-state index is 2.41. The molecule has 0 aromatic carbocycles. The molecular formula is C15H24. The van der Waals surface area contributed by atoms with Gasteiger partial charge in [0.25, 0.3) is 0 Å². The Balaban J connectivity index is 2.62. The third kappa shape index (κ3) is 5.61. The Labute approximate surface area is 94.8 Å². The molecule has 1 rings (SSSR count). The van der Waals surface area contributed by atoms with Crippen molar-refractivity contribution >= 4 is 0 Å². The van der Waals surface area contributed by atoms with Crippen LogP contribution in [0, 0.1) is 0 Å². The molecule has 0 N–H and O–H groups in total. The van der Waals surface area contributed by atoms with E-state index in [1.54, 1.807) is 16.7 Å². The molecule has 0 bridgehead atoms. The lowest BCUT2D eigenvalue weighted by atomic mass is 10.0. The zero-order chi connectivity index (χ0) is 11.1. The summed E-state index contributed by atoms with van der Waals surface area (Å²) in [5, 5.41) is 0. The van der Waals surface area contributed by atoms with Crippen molar-refractivity contribution in [1.82, 2.24) is 0 Å². The Morgan fingerprint density at radius 2 is 1.00 bits per heavy atom. The highest BCUT2D eigenvalue weighted by Crippen LogP contribution is 2.16. The highest BCUT2D eigenvalue weighted by atomic mass is 14.0. The molecule has 0 aromatic heterocycles. The van der Waals surface area contributed by atoms with Gasteiger partial charge in [-0.05, 0) is 59.3 Å². The summed E-state index contributed by atoms with van der Waals surface area (Å²) in [4.78, 5) is 0. The molecule has 0 amide bonds. The van der Waals surface area contributed by atoms with Crippen molar-refractivity contribution in [3.05, 3.63) is 34.9 Å². The van der Waals surface area contributed by atoms with Crippen LogP contribution in [0.4, 0.5) is 0 Å². The molecule has 0 saturated carbocycles. The van der Waals surface area contributed by atoms with E-state index in [1.807, 2.05) is 0 Å². The van der Waals surface area contributed by atoms with E-state index in [1.165, 1.54) is 38.5 Å². The van der Waals surface area contributed by atoms with E-state index in [0.717, 1.165) is 0 Å². The van der Waals surface area contributed by atoms with Gasteiger partial charge in [-0.1, -0.05) is 34.9 Å². The topological polar surface area (TPSA) is 0 Å². The van der Waals surface area contributed by atoms with Gasteiger partial charge in [0.15, 0.2) is 0 Å². The molecule has 0 saturated heterocycles. The van der Waals surface area contributed by atoms with Gasteiger partial charge in [0.05, 0.1) is 0 Å². The third-order valence-electron chi connectivity index (χ3n) is 3.10. The quantitative estimate of drug-likeness (QED) is 0.477. The van der Waals surface area contributed by atoms with Crippen LogP contribution < -0.4 is 0 Å². The molecule has 0 heteroatoms. The van der Waals surface area contributed by atoms with Gasteiger partial charge in [-0.15, -0.1) is 0 Å². The van der Waals surface area contributed by atoms with E-state index in [0.29, 0.717) is 0 Å². The first-order valence-electron chi connectivity index (χ1n) is 6.15. The summed E-state index contributed by atoms with van der Waals surface area (Å²) in [5.74, 6) is 0. The van der Waals surface area contributed by atoms with Gasteiger partial charge in [0, 0.05) is 0 Å². The van der Waals surface area contributed by atoms with Gasteiger partial charge in [-0.25, -0.2) is 0 Å². The summed E-state index contributed by atoms with van der Waals surface area (Å²) in [7, 11) is 0. The molecule has 1 aliphatic carbocycles. The summed E-state index contributed by atoms with van der Waals surface area (Å²) in [5.41, 5.74) is 4.65. The van der Waals surface area contributed by atoms with E-state index in [9.17, 15) is 0 Å². The SMILES string of the molecule is CC1=CCCC=C(C)CCC(C)=CCC1. The Kier molecular flexibility index (Phi) is 5.45. The van der Waals surface area contributed by atoms with Crippen molar-refractivity contribution in [2.45, 2.75) is 59.3 Å². The van der Waals surface area contributed by atoms with Crippen LogP contribution in [-0.2, 0) is 0 Å². The number of rotatable bonds is 0. The van der Waals surface area contributed by atoms with E-state index in [2.05, 4.69) is 39.0 Å². The minimum absolute atomic E-state index is 1.21. The fraction of sp³-hybridized carbons (Fsp3) is 0.600. The van der Waals surface area contributed by atoms with Crippen LogP contribution in [0.5, 0.6) is 0 Å². The van der Waals surface area contributed by atoms with Crippen molar-refractivity contribution in [2.75, 3.05) is 0 Å². The van der Waals surface area contributed by atoms with Crippen molar-refractivity contribution in [1.29, 1.82) is 0 Å². The second-order valence-corrected chi connectivity index (χ2v) is 4.77. The summed E-state index contributed by atoms with van der Waals surface area (Å²) in [6.45, 7) is 6.78. The predicted octanol–water partition coefficient (Wildman–Crippen LogP) is 5.18. The standard InChI is InChI=1S/C15H24/c1-13-7-4-5-8-14(2)11-12-15(3)10-6-9-13/h7-8,10H,4-6,9,11-12H2,1-3H3. The van der Waals surface area contributed by atoms with Crippen molar-refractivity contribution in [3.63, 3.8) is 0 Å². The van der Waals surface area contributed by atoms with Gasteiger partial charge in [-0.2, -0.15) is 0 Å². The van der Waals surface area contributed by atoms with Crippen molar-refractivity contribution < 1.29 is 0 Å². The van der Waals surface area contributed by atoms with Crippen LogP contribution in [-0.4, -0.2) is 0 Å². The number of allylic oxidation sites excluding steroid dienone is 6. The molecule has 0 atom stereocenters. The lowest BCUT2D eigenvalue weighted by molar-refractivity contribution is 0.868. The molecule has 1 aliphatic rings. The molecule has 84 valence electrons. The predicted molar refractivity (Wildman–Crippen MR) is 69.0 cm³/mol. The second-order valence-electron chi connectivity index (χ2n) is 4.77. The molecular weight excluding hydrogens is 180 g/mol. The smallest absolute Gasteiger partial charge is 0.0286 e. The highest BCUT2D eigenvalue weighted by molar-refractivity contribution is 5.09. The van der Waals surface area contributed by atoms with Gasteiger partial charge >= 0.3 is 0 Å². The van der Waals surface area contributed by atoms with Gasteiger partial charge in [-0.3, -0.25) is 0 Å². The van der Waals surface area contributed by atoms with E-state index in [4.69, 9.17) is 0 Å². The first-order valence-corrected chi connectivity index (χ1v) is 6.15. The Bertz CT molecular complexity index is 276. The van der Waals surface area contributed by atoms with Crippen molar-refractivity contribution in [3.8, 4) is 0 Å². The first-order chi connectivity index (χ1) is 7.18. The summed E-state index contributed by atoms with van der Waals surface area (Å²) in [6, 6.07) is 0. The highest BCUT2D eigenvalue weighted by Gasteiger charge is 1.96. The Morgan fingerprint density at radius 1 is 0.600 bits per heavy atom. The first kappa shape index (κ1) is 12.3. The van der Waals surface area contributed by atoms with E-state index < -0.39 is 0 Å². The van der Waals surface area contributed by atoms with Crippen LogP contribution in [0.2, 0.25) is 0 Å². The zero-order valence-corrected chi connectivity index (χ0v) is 10.5. The van der Waals surface area contributed by atoms with Gasteiger partial charge < -0.3 is 0 Å². The molecule has 0 fully saturated rings. The van der Waals surface area contributed by atoms with Crippen LogP contribution in [0.3, 0.4) is 0 Å². The normalized spacial score (nSPS) is 20.6. The van der Waals surface area contributed by atoms with Crippen molar-refractivity contribution in [2.24, 2.45) is 0 Å². The van der Waals surface area contributed by atoms with Gasteiger partial charge in [0.2, 0.25) is 0 Å². The zero-order valence-electron chi connectivity index (χ0n) is 10.5. The molecule has 0 nitrogen and oxygen atoms in total. The summed E-state index contributed by atoms with van der Waals surface area (Å²) in [6.07, 6.45) is 14.6. The van der Waals surface area contributed by atoms with E-state index in [-0.39, 0.29) is 0 Å². The average Bonchev–Trinajstić information content (AvgIpc) is 2.20. The minimum Gasteiger partial charge on any atom is -0.0853 e. The fourth-order valence-corrected chi connectivity index (χ4v) is 1.91. The molecule has 0 spiro atoms. The Hall–Kier alpha value is -0.780. The maximum absolute atomic E-state index is 2.41. The maximum Gasteiger partial charge on any atom is -0.0286 e. The molecule has 0 unspecified atom stereocenters. The monoisotopic (exact) mass is 204 g/mol. The summed E-state index contributed by atoms with van der Waals surface area (Å²) >= 11 is 0. The van der Waals surface area contributed by atoms with E-state index >= 15 is 0 Å². The van der Waals surface area contributed by atoms with Crippen LogP contribution in [0.15, 0.2) is 34.9 Å². The summed E-state index contributed by atoms with van der Waals surface area (Å²) < 4.78 is 0. The lowest BCUT2D eigenvalue weighted by Crippen LogP contribution is -1.85. The third-order valence-corrected chi connectivity index (χ3v) is 3.10. The Morgan fingerprint density at radius 3 is 1.53 bits per heavy atom. The largest absolute Gasteiger partial charge is 0.0853 e. The molecule has 0 heterocycles. The lowest BCUT2D eigenvalue weighted by Gasteiger charge is -2.05. The fourth-order valence-electron chi connectivity index (χ4n) is 1.91. The van der Waals surface area contributed by atoms with Crippen LogP contribution >= 0.6 is 0 Å². The number of hydrogen-bond acceptors (Lipinski definition) is 0. The van der Waals surface area contributed by atoms with Crippen LogP contribution in [0.25, 0.3) is 0 Å². The van der Waals surface area contributed by atoms with Crippen LogP contribution in [0.1, 0.15) is 59.3 Å². The average molecular weight is 204 g/mol. The molecule has 0 aromatic rings. The number of hydrogen-bond donors (Lipinski definition) is 0. The molecule has 0 aliphatic heterocycles. The van der Waals surface area contributed by atoms with Gasteiger partial charge in [0.1, 0.15) is 0 Å². The molecule has 15 heavy (non-hydrogen) atoms. The minimum atomic E-state index is 1.21.